The van der Waals surface area contributed by atoms with Crippen molar-refractivity contribution in [2.24, 2.45) is 0 Å². The Morgan fingerprint density at radius 1 is 1.11 bits per heavy atom. The molecular weight excluding hydrogens is 347 g/mol. The second-order valence-electron chi connectivity index (χ2n) is 4.25. The van der Waals surface area contributed by atoms with Crippen molar-refractivity contribution in [3.63, 3.8) is 0 Å². The minimum absolute atomic E-state index is 0.272. The number of ether oxygens (including phenoxy) is 1. The summed E-state index contributed by atoms with van der Waals surface area (Å²) in [7, 11) is 1.61. The second-order valence-corrected chi connectivity index (χ2v) is 6.01. The van der Waals surface area contributed by atoms with Gasteiger partial charge in [0.15, 0.2) is 0 Å². The van der Waals surface area contributed by atoms with E-state index >= 15 is 0 Å². The summed E-state index contributed by atoms with van der Waals surface area (Å²) in [6.07, 6.45) is 0. The van der Waals surface area contributed by atoms with Gasteiger partial charge in [-0.05, 0) is 47.9 Å². The fraction of sp³-hybridized carbons (Fsp3) is 0.200. The maximum absolute atomic E-state index is 6.55. The van der Waals surface area contributed by atoms with E-state index in [1.54, 1.807) is 13.2 Å². The van der Waals surface area contributed by atoms with Crippen LogP contribution >= 0.6 is 39.1 Å². The van der Waals surface area contributed by atoms with E-state index in [2.05, 4.69) is 15.9 Å². The zero-order valence-electron chi connectivity index (χ0n) is 10.6. The lowest BCUT2D eigenvalue weighted by atomic mass is 10.00. The van der Waals surface area contributed by atoms with Gasteiger partial charge in [-0.15, -0.1) is 11.6 Å². The Bertz CT molecular complexity index is 599. The third kappa shape index (κ3) is 3.25. The number of methoxy groups -OCH3 is 1. The van der Waals surface area contributed by atoms with E-state index in [4.69, 9.17) is 27.9 Å². The average Bonchev–Trinajstić information content (AvgIpc) is 2.37. The third-order valence-corrected chi connectivity index (χ3v) is 4.28. The number of hydrogen-bond donors (Lipinski definition) is 0. The first-order valence-electron chi connectivity index (χ1n) is 5.76. The zero-order valence-corrected chi connectivity index (χ0v) is 13.7. The summed E-state index contributed by atoms with van der Waals surface area (Å²) in [5.74, 6) is 0.727. The quantitative estimate of drug-likeness (QED) is 0.634. The monoisotopic (exact) mass is 358 g/mol. The van der Waals surface area contributed by atoms with Gasteiger partial charge >= 0.3 is 0 Å². The molecule has 0 N–H and O–H groups in total. The maximum Gasteiger partial charge on any atom is 0.120 e. The van der Waals surface area contributed by atoms with E-state index in [1.807, 2.05) is 37.3 Å². The van der Waals surface area contributed by atoms with Crippen molar-refractivity contribution in [2.45, 2.75) is 12.3 Å². The molecule has 0 aliphatic carbocycles. The van der Waals surface area contributed by atoms with Crippen molar-refractivity contribution in [1.29, 1.82) is 0 Å². The number of halogens is 3. The van der Waals surface area contributed by atoms with Gasteiger partial charge < -0.3 is 4.74 Å². The minimum atomic E-state index is -0.272. The molecule has 0 radical (unpaired) electrons. The van der Waals surface area contributed by atoms with Crippen LogP contribution in [0, 0.1) is 6.92 Å². The molecule has 2 rings (SSSR count). The van der Waals surface area contributed by atoms with Crippen molar-refractivity contribution in [2.75, 3.05) is 7.11 Å². The Morgan fingerprint density at radius 3 is 2.37 bits per heavy atom. The number of rotatable bonds is 3. The molecule has 0 aromatic heterocycles. The fourth-order valence-electron chi connectivity index (χ4n) is 1.93. The first-order valence-corrected chi connectivity index (χ1v) is 7.37. The van der Waals surface area contributed by atoms with E-state index < -0.39 is 0 Å². The summed E-state index contributed by atoms with van der Waals surface area (Å²) >= 11 is 16.3. The van der Waals surface area contributed by atoms with E-state index in [1.165, 1.54) is 0 Å². The summed E-state index contributed by atoms with van der Waals surface area (Å²) in [6.45, 7) is 2.03. The molecule has 0 saturated carbocycles. The van der Waals surface area contributed by atoms with Gasteiger partial charge in [0.1, 0.15) is 5.75 Å². The first-order chi connectivity index (χ1) is 9.02. The average molecular weight is 360 g/mol. The minimum Gasteiger partial charge on any atom is -0.497 e. The predicted molar refractivity (Wildman–Crippen MR) is 84.6 cm³/mol. The lowest BCUT2D eigenvalue weighted by Crippen LogP contribution is -1.98. The van der Waals surface area contributed by atoms with Gasteiger partial charge in [-0.25, -0.2) is 0 Å². The standard InChI is InChI=1S/C15H13BrCl2O/c1-9-7-10(16)3-5-12(9)15(18)13-6-4-11(19-2)8-14(13)17/h3-8,15H,1-2H3. The van der Waals surface area contributed by atoms with Crippen LogP contribution in [0.4, 0.5) is 0 Å². The Hall–Kier alpha value is -0.700. The Kier molecular flexibility index (Phi) is 4.77. The van der Waals surface area contributed by atoms with E-state index in [0.29, 0.717) is 5.02 Å². The zero-order chi connectivity index (χ0) is 14.0. The molecule has 0 heterocycles. The van der Waals surface area contributed by atoms with E-state index in [0.717, 1.165) is 26.9 Å². The van der Waals surface area contributed by atoms with Crippen molar-refractivity contribution >= 4 is 39.1 Å². The first kappa shape index (κ1) is 14.7. The summed E-state index contributed by atoms with van der Waals surface area (Å²) in [5.41, 5.74) is 3.06. The normalized spacial score (nSPS) is 12.3. The van der Waals surface area contributed by atoms with Gasteiger partial charge in [0.25, 0.3) is 0 Å². The summed E-state index contributed by atoms with van der Waals surface area (Å²) in [6, 6.07) is 11.6. The van der Waals surface area contributed by atoms with Crippen LogP contribution in [0.1, 0.15) is 22.1 Å². The van der Waals surface area contributed by atoms with E-state index in [9.17, 15) is 0 Å². The van der Waals surface area contributed by atoms with Crippen LogP contribution in [0.3, 0.4) is 0 Å². The molecule has 4 heteroatoms. The molecule has 0 spiro atoms. The molecule has 0 amide bonds. The van der Waals surface area contributed by atoms with Gasteiger partial charge in [-0.3, -0.25) is 0 Å². The Labute approximate surface area is 131 Å². The lowest BCUT2D eigenvalue weighted by molar-refractivity contribution is 0.414. The highest BCUT2D eigenvalue weighted by atomic mass is 79.9. The van der Waals surface area contributed by atoms with Crippen molar-refractivity contribution in [3.05, 3.63) is 62.6 Å². The number of hydrogen-bond acceptors (Lipinski definition) is 1. The van der Waals surface area contributed by atoms with Gasteiger partial charge in [-0.2, -0.15) is 0 Å². The Balaban J connectivity index is 2.41. The molecule has 2 aromatic carbocycles. The molecule has 19 heavy (non-hydrogen) atoms. The summed E-state index contributed by atoms with van der Waals surface area (Å²) in [5, 5.41) is 0.341. The van der Waals surface area contributed by atoms with E-state index in [-0.39, 0.29) is 5.38 Å². The summed E-state index contributed by atoms with van der Waals surface area (Å²) < 4.78 is 6.18. The molecule has 1 nitrogen and oxygen atoms in total. The topological polar surface area (TPSA) is 9.23 Å². The second kappa shape index (κ2) is 6.17. The largest absolute Gasteiger partial charge is 0.497 e. The SMILES string of the molecule is COc1ccc(C(Cl)c2ccc(Br)cc2C)c(Cl)c1. The highest BCUT2D eigenvalue weighted by Crippen LogP contribution is 2.37. The molecule has 0 saturated heterocycles. The Morgan fingerprint density at radius 2 is 1.79 bits per heavy atom. The van der Waals surface area contributed by atoms with Crippen LogP contribution in [0.2, 0.25) is 5.02 Å². The molecule has 100 valence electrons. The third-order valence-electron chi connectivity index (χ3n) is 2.99. The maximum atomic E-state index is 6.55. The number of alkyl halides is 1. The molecular formula is C15H13BrCl2O. The molecule has 0 aliphatic rings. The highest BCUT2D eigenvalue weighted by molar-refractivity contribution is 9.10. The number of benzene rings is 2. The smallest absolute Gasteiger partial charge is 0.120 e. The van der Waals surface area contributed by atoms with Crippen LogP contribution in [0.15, 0.2) is 40.9 Å². The summed E-state index contributed by atoms with van der Waals surface area (Å²) in [4.78, 5) is 0. The van der Waals surface area contributed by atoms with Crippen LogP contribution < -0.4 is 4.74 Å². The number of aryl methyl sites for hydroxylation is 1. The van der Waals surface area contributed by atoms with Gasteiger partial charge in [-0.1, -0.05) is 39.7 Å². The molecule has 0 aliphatic heterocycles. The van der Waals surface area contributed by atoms with Crippen LogP contribution in [-0.4, -0.2) is 7.11 Å². The van der Waals surface area contributed by atoms with Gasteiger partial charge in [0, 0.05) is 9.50 Å². The van der Waals surface area contributed by atoms with Crippen molar-refractivity contribution < 1.29 is 4.74 Å². The molecule has 1 atom stereocenters. The predicted octanol–water partition coefficient (Wildman–Crippen LogP) is 5.75. The molecule has 2 aromatic rings. The van der Waals surface area contributed by atoms with Crippen LogP contribution in [0.5, 0.6) is 5.75 Å². The lowest BCUT2D eigenvalue weighted by Gasteiger charge is -2.15. The molecule has 1 unspecified atom stereocenters. The van der Waals surface area contributed by atoms with Crippen molar-refractivity contribution in [3.8, 4) is 5.75 Å². The molecule has 0 bridgehead atoms. The van der Waals surface area contributed by atoms with Gasteiger partial charge in [0.05, 0.1) is 12.5 Å². The fourth-order valence-corrected chi connectivity index (χ4v) is 3.18. The van der Waals surface area contributed by atoms with Crippen LogP contribution in [-0.2, 0) is 0 Å². The molecule has 0 fully saturated rings. The van der Waals surface area contributed by atoms with Crippen LogP contribution in [0.25, 0.3) is 0 Å². The van der Waals surface area contributed by atoms with Crippen molar-refractivity contribution in [1.82, 2.24) is 0 Å². The van der Waals surface area contributed by atoms with Gasteiger partial charge in [0.2, 0.25) is 0 Å². The highest BCUT2D eigenvalue weighted by Gasteiger charge is 2.16.